The standard InChI is InChI=1S/C19H35NO5S/c1-7-16(22)13(4)18(24)14(5)17(23)11(2)10-12(3)19(25)26-9-8-20-15(6)21/h11-14,16,18,22,24H,7-10H2,1-6H3,(H,20,21)/t11-,12+,13+,14+,16-,18+/m1/s1. The van der Waals surface area contributed by atoms with E-state index < -0.39 is 18.1 Å². The molecule has 0 aliphatic rings. The number of aliphatic hydroxyl groups is 2. The maximum Gasteiger partial charge on any atom is 0.216 e. The summed E-state index contributed by atoms with van der Waals surface area (Å²) in [5.41, 5.74) is 0. The zero-order chi connectivity index (χ0) is 20.4. The highest BCUT2D eigenvalue weighted by molar-refractivity contribution is 8.13. The first kappa shape index (κ1) is 25.1. The van der Waals surface area contributed by atoms with Crippen LogP contribution in [0.2, 0.25) is 0 Å². The average molecular weight is 390 g/mol. The van der Waals surface area contributed by atoms with Crippen molar-refractivity contribution in [1.29, 1.82) is 0 Å². The first-order chi connectivity index (χ1) is 12.0. The Morgan fingerprint density at radius 2 is 1.62 bits per heavy atom. The number of ketones is 1. The molecule has 0 saturated heterocycles. The van der Waals surface area contributed by atoms with Crippen LogP contribution < -0.4 is 5.32 Å². The van der Waals surface area contributed by atoms with Crippen molar-refractivity contribution in [2.75, 3.05) is 12.3 Å². The number of carbonyl (C=O) groups excluding carboxylic acids is 3. The fourth-order valence-corrected chi connectivity index (χ4v) is 3.72. The smallest absolute Gasteiger partial charge is 0.216 e. The third kappa shape index (κ3) is 8.64. The molecule has 0 saturated carbocycles. The maximum absolute atomic E-state index is 12.6. The second kappa shape index (κ2) is 12.5. The van der Waals surface area contributed by atoms with Crippen LogP contribution >= 0.6 is 11.8 Å². The summed E-state index contributed by atoms with van der Waals surface area (Å²) >= 11 is 1.16. The molecular weight excluding hydrogens is 354 g/mol. The van der Waals surface area contributed by atoms with Gasteiger partial charge in [-0.1, -0.05) is 46.4 Å². The highest BCUT2D eigenvalue weighted by Gasteiger charge is 2.33. The van der Waals surface area contributed by atoms with E-state index in [0.717, 1.165) is 11.8 Å². The molecule has 3 N–H and O–H groups in total. The monoisotopic (exact) mass is 389 g/mol. The van der Waals surface area contributed by atoms with Crippen LogP contribution in [0, 0.1) is 23.7 Å². The van der Waals surface area contributed by atoms with E-state index in [2.05, 4.69) is 5.32 Å². The van der Waals surface area contributed by atoms with Crippen LogP contribution in [0.25, 0.3) is 0 Å². The number of carbonyl (C=O) groups is 3. The minimum absolute atomic E-state index is 0.00187. The molecule has 0 bridgehead atoms. The molecule has 7 heteroatoms. The van der Waals surface area contributed by atoms with E-state index in [1.165, 1.54) is 6.92 Å². The third-order valence-corrected chi connectivity index (χ3v) is 5.94. The van der Waals surface area contributed by atoms with Crippen molar-refractivity contribution >= 4 is 28.6 Å². The van der Waals surface area contributed by atoms with Gasteiger partial charge in [0.05, 0.1) is 12.2 Å². The van der Waals surface area contributed by atoms with Crippen LogP contribution in [-0.2, 0) is 14.4 Å². The first-order valence-corrected chi connectivity index (χ1v) is 10.3. The molecule has 26 heavy (non-hydrogen) atoms. The van der Waals surface area contributed by atoms with Crippen molar-refractivity contribution in [3.8, 4) is 0 Å². The Hall–Kier alpha value is -0.920. The predicted molar refractivity (Wildman–Crippen MR) is 105 cm³/mol. The summed E-state index contributed by atoms with van der Waals surface area (Å²) in [5.74, 6) is -1.30. The summed E-state index contributed by atoms with van der Waals surface area (Å²) in [5, 5.41) is 22.9. The molecule has 0 radical (unpaired) electrons. The molecular formula is C19H35NO5S. The van der Waals surface area contributed by atoms with Crippen molar-refractivity contribution in [3.05, 3.63) is 0 Å². The van der Waals surface area contributed by atoms with Gasteiger partial charge >= 0.3 is 0 Å². The Bertz CT molecular complexity index is 471. The first-order valence-electron chi connectivity index (χ1n) is 9.33. The van der Waals surface area contributed by atoms with Crippen LogP contribution in [-0.4, -0.2) is 51.5 Å². The van der Waals surface area contributed by atoms with E-state index in [1.54, 1.807) is 27.7 Å². The Morgan fingerprint density at radius 3 is 2.12 bits per heavy atom. The normalized spacial score (nSPS) is 18.3. The van der Waals surface area contributed by atoms with E-state index in [9.17, 15) is 24.6 Å². The van der Waals surface area contributed by atoms with E-state index in [1.807, 2.05) is 6.92 Å². The van der Waals surface area contributed by atoms with Gasteiger partial charge in [-0.25, -0.2) is 0 Å². The minimum atomic E-state index is -0.905. The predicted octanol–water partition coefficient (Wildman–Crippen LogP) is 2.02. The second-order valence-electron chi connectivity index (χ2n) is 7.20. The highest BCUT2D eigenvalue weighted by atomic mass is 32.2. The number of hydrogen-bond acceptors (Lipinski definition) is 6. The van der Waals surface area contributed by atoms with Crippen LogP contribution in [0.1, 0.15) is 54.4 Å². The molecule has 0 rings (SSSR count). The Morgan fingerprint density at radius 1 is 1.04 bits per heavy atom. The van der Waals surface area contributed by atoms with Gasteiger partial charge in [0.2, 0.25) is 5.91 Å². The van der Waals surface area contributed by atoms with Gasteiger partial charge in [0.25, 0.3) is 0 Å². The Kier molecular flexibility index (Phi) is 12.0. The summed E-state index contributed by atoms with van der Waals surface area (Å²) in [6.45, 7) is 10.7. The van der Waals surface area contributed by atoms with Crippen molar-refractivity contribution in [2.45, 2.75) is 66.6 Å². The van der Waals surface area contributed by atoms with Crippen molar-refractivity contribution < 1.29 is 24.6 Å². The van der Waals surface area contributed by atoms with E-state index in [4.69, 9.17) is 0 Å². The van der Waals surface area contributed by atoms with Gasteiger partial charge in [-0.3, -0.25) is 14.4 Å². The van der Waals surface area contributed by atoms with Crippen molar-refractivity contribution in [2.24, 2.45) is 23.7 Å². The molecule has 0 fully saturated rings. The number of rotatable bonds is 12. The van der Waals surface area contributed by atoms with Gasteiger partial charge in [0.15, 0.2) is 5.12 Å². The summed E-state index contributed by atoms with van der Waals surface area (Å²) in [6, 6.07) is 0. The van der Waals surface area contributed by atoms with Crippen molar-refractivity contribution in [3.63, 3.8) is 0 Å². The Labute approximate surface area is 161 Å². The molecule has 6 atom stereocenters. The van der Waals surface area contributed by atoms with E-state index >= 15 is 0 Å². The number of hydrogen-bond donors (Lipinski definition) is 3. The molecule has 0 aliphatic heterocycles. The van der Waals surface area contributed by atoms with Gasteiger partial charge in [-0.05, 0) is 12.8 Å². The minimum Gasteiger partial charge on any atom is -0.393 e. The number of Topliss-reactive ketones (excluding diaryl/α,β-unsaturated/α-hetero) is 1. The summed E-state index contributed by atoms with van der Waals surface area (Å²) in [4.78, 5) is 35.5. The van der Waals surface area contributed by atoms with Crippen LogP contribution in [0.3, 0.4) is 0 Å². The zero-order valence-corrected chi connectivity index (χ0v) is 17.6. The van der Waals surface area contributed by atoms with Crippen LogP contribution in [0.4, 0.5) is 0 Å². The topological polar surface area (TPSA) is 104 Å². The number of thioether (sulfide) groups is 1. The molecule has 152 valence electrons. The van der Waals surface area contributed by atoms with E-state index in [0.29, 0.717) is 25.1 Å². The van der Waals surface area contributed by atoms with E-state index in [-0.39, 0.29) is 34.6 Å². The summed E-state index contributed by atoms with van der Waals surface area (Å²) in [6.07, 6.45) is -0.600. The van der Waals surface area contributed by atoms with Gasteiger partial charge < -0.3 is 15.5 Å². The largest absolute Gasteiger partial charge is 0.393 e. The van der Waals surface area contributed by atoms with Gasteiger partial charge in [0.1, 0.15) is 5.78 Å². The fraction of sp³-hybridized carbons (Fsp3) is 0.842. The molecule has 0 aromatic heterocycles. The van der Waals surface area contributed by atoms with Gasteiger partial charge in [-0.15, -0.1) is 0 Å². The van der Waals surface area contributed by atoms with Crippen LogP contribution in [0.5, 0.6) is 0 Å². The van der Waals surface area contributed by atoms with Gasteiger partial charge in [0, 0.05) is 42.9 Å². The number of nitrogens with one attached hydrogen (secondary N) is 1. The van der Waals surface area contributed by atoms with Crippen LogP contribution in [0.15, 0.2) is 0 Å². The molecule has 0 aromatic carbocycles. The molecule has 1 amide bonds. The molecule has 0 aromatic rings. The van der Waals surface area contributed by atoms with Crippen molar-refractivity contribution in [1.82, 2.24) is 5.32 Å². The lowest BCUT2D eigenvalue weighted by molar-refractivity contribution is -0.132. The number of amides is 1. The fourth-order valence-electron chi connectivity index (χ4n) is 2.94. The second-order valence-corrected chi connectivity index (χ2v) is 8.30. The highest BCUT2D eigenvalue weighted by Crippen LogP contribution is 2.25. The SMILES string of the molecule is CC[C@@H](O)[C@H](C)[C@H](O)[C@@H](C)C(=O)[C@H](C)C[C@H](C)C(=O)SCCNC(C)=O. The molecule has 0 unspecified atom stereocenters. The average Bonchev–Trinajstić information content (AvgIpc) is 2.61. The lowest BCUT2D eigenvalue weighted by Gasteiger charge is -2.29. The molecule has 0 heterocycles. The Balaban J connectivity index is 4.50. The zero-order valence-electron chi connectivity index (χ0n) is 16.8. The maximum atomic E-state index is 12.6. The lowest BCUT2D eigenvalue weighted by Crippen LogP contribution is -2.39. The quantitative estimate of drug-likeness (QED) is 0.441. The molecule has 6 nitrogen and oxygen atoms in total. The number of aliphatic hydroxyl groups excluding tert-OH is 2. The third-order valence-electron chi connectivity index (χ3n) is 4.84. The van der Waals surface area contributed by atoms with Gasteiger partial charge in [-0.2, -0.15) is 0 Å². The summed E-state index contributed by atoms with van der Waals surface area (Å²) in [7, 11) is 0. The lowest BCUT2D eigenvalue weighted by atomic mass is 9.81. The molecule has 0 aliphatic carbocycles. The molecule has 0 spiro atoms. The summed E-state index contributed by atoms with van der Waals surface area (Å²) < 4.78 is 0.